The number of pyridine rings is 1. The molecular formula is C33H28ClN3O2. The molecule has 5 rings (SSSR count). The van der Waals surface area contributed by atoms with E-state index in [9.17, 15) is 9.59 Å². The van der Waals surface area contributed by atoms with Crippen LogP contribution in [0.15, 0.2) is 114 Å². The Hall–Kier alpha value is -4.58. The largest absolute Gasteiger partial charge is 0.331 e. The van der Waals surface area contributed by atoms with Gasteiger partial charge in [0.05, 0.1) is 11.3 Å². The summed E-state index contributed by atoms with van der Waals surface area (Å²) in [6, 6.07) is 22.3. The average Bonchev–Trinajstić information content (AvgIpc) is 2.94. The maximum Gasteiger partial charge on any atom is 0.260 e. The summed E-state index contributed by atoms with van der Waals surface area (Å²) < 4.78 is 0. The SMILES string of the molecule is C=C1C=C(c2ccc(/C=C/C(=O)c3c(-c4ccccc4)c4cc(Cl)ccc4[nH]c3=O)cc2)C=CC1=N.CCN. The third-order valence-electron chi connectivity index (χ3n) is 6.06. The topological polar surface area (TPSA) is 99.8 Å². The summed E-state index contributed by atoms with van der Waals surface area (Å²) in [5.74, 6) is -0.395. The summed E-state index contributed by atoms with van der Waals surface area (Å²) in [6.07, 6.45) is 8.60. The normalized spacial score (nSPS) is 12.8. The predicted octanol–water partition coefficient (Wildman–Crippen LogP) is 7.24. The molecule has 0 amide bonds. The Morgan fingerprint density at radius 2 is 1.72 bits per heavy atom. The van der Waals surface area contributed by atoms with E-state index in [1.165, 1.54) is 6.08 Å². The molecule has 0 spiro atoms. The van der Waals surface area contributed by atoms with Crippen molar-refractivity contribution >= 4 is 45.6 Å². The van der Waals surface area contributed by atoms with Gasteiger partial charge in [0.1, 0.15) is 0 Å². The molecule has 1 aliphatic carbocycles. The molecule has 0 atom stereocenters. The van der Waals surface area contributed by atoms with E-state index in [1.807, 2.05) is 73.7 Å². The minimum absolute atomic E-state index is 0.0716. The molecule has 0 saturated carbocycles. The molecule has 1 heterocycles. The lowest BCUT2D eigenvalue weighted by molar-refractivity contribution is 0.104. The van der Waals surface area contributed by atoms with Gasteiger partial charge in [0.2, 0.25) is 0 Å². The van der Waals surface area contributed by atoms with Gasteiger partial charge in [0.25, 0.3) is 5.56 Å². The van der Waals surface area contributed by atoms with Crippen LogP contribution in [0.25, 0.3) is 33.7 Å². The molecule has 0 saturated heterocycles. The van der Waals surface area contributed by atoms with Crippen LogP contribution in [0, 0.1) is 5.41 Å². The van der Waals surface area contributed by atoms with Gasteiger partial charge in [-0.15, -0.1) is 0 Å². The average molecular weight is 534 g/mol. The van der Waals surface area contributed by atoms with Gasteiger partial charge >= 0.3 is 0 Å². The van der Waals surface area contributed by atoms with E-state index < -0.39 is 11.3 Å². The van der Waals surface area contributed by atoms with Crippen molar-refractivity contribution in [3.05, 3.63) is 141 Å². The first-order valence-electron chi connectivity index (χ1n) is 12.4. The van der Waals surface area contributed by atoms with E-state index in [2.05, 4.69) is 11.6 Å². The molecule has 194 valence electrons. The lowest BCUT2D eigenvalue weighted by atomic mass is 9.93. The minimum atomic E-state index is -0.449. The van der Waals surface area contributed by atoms with Crippen LogP contribution >= 0.6 is 11.6 Å². The zero-order valence-corrected chi connectivity index (χ0v) is 22.3. The number of hydrogen-bond acceptors (Lipinski definition) is 4. The smallest absolute Gasteiger partial charge is 0.260 e. The third kappa shape index (κ3) is 6.29. The molecule has 0 radical (unpaired) electrons. The highest BCUT2D eigenvalue weighted by Crippen LogP contribution is 2.32. The number of allylic oxidation sites excluding steroid dienone is 6. The fourth-order valence-corrected chi connectivity index (χ4v) is 4.39. The van der Waals surface area contributed by atoms with Crippen LogP contribution in [0.5, 0.6) is 0 Å². The monoisotopic (exact) mass is 533 g/mol. The van der Waals surface area contributed by atoms with Gasteiger partial charge < -0.3 is 16.1 Å². The molecular weight excluding hydrogens is 506 g/mol. The lowest BCUT2D eigenvalue weighted by Gasteiger charge is -2.12. The van der Waals surface area contributed by atoms with Gasteiger partial charge in [0, 0.05) is 21.5 Å². The van der Waals surface area contributed by atoms with E-state index in [0.29, 0.717) is 32.8 Å². The van der Waals surface area contributed by atoms with Crippen molar-refractivity contribution in [2.75, 3.05) is 6.54 Å². The third-order valence-corrected chi connectivity index (χ3v) is 6.30. The molecule has 0 unspecified atom stereocenters. The summed E-state index contributed by atoms with van der Waals surface area (Å²) in [7, 11) is 0. The van der Waals surface area contributed by atoms with Crippen LogP contribution in [0.3, 0.4) is 0 Å². The van der Waals surface area contributed by atoms with Crippen molar-refractivity contribution < 1.29 is 4.79 Å². The molecule has 1 aliphatic rings. The molecule has 0 bridgehead atoms. The van der Waals surface area contributed by atoms with Crippen LogP contribution in [0.4, 0.5) is 0 Å². The summed E-state index contributed by atoms with van der Waals surface area (Å²) in [5.41, 5.74) is 10.2. The number of benzene rings is 3. The Morgan fingerprint density at radius 3 is 2.38 bits per heavy atom. The van der Waals surface area contributed by atoms with E-state index in [4.69, 9.17) is 22.7 Å². The van der Waals surface area contributed by atoms with Crippen molar-refractivity contribution in [1.29, 1.82) is 5.41 Å². The zero-order valence-electron chi connectivity index (χ0n) is 21.5. The van der Waals surface area contributed by atoms with Gasteiger partial charge in [-0.25, -0.2) is 0 Å². The highest BCUT2D eigenvalue weighted by atomic mass is 35.5. The Morgan fingerprint density at radius 1 is 1.03 bits per heavy atom. The first-order valence-corrected chi connectivity index (χ1v) is 12.8. The van der Waals surface area contributed by atoms with E-state index >= 15 is 0 Å². The number of rotatable bonds is 5. The van der Waals surface area contributed by atoms with E-state index in [-0.39, 0.29) is 5.56 Å². The first kappa shape index (κ1) is 27.5. The summed E-state index contributed by atoms with van der Waals surface area (Å²) >= 11 is 6.26. The number of hydrogen-bond donors (Lipinski definition) is 3. The van der Waals surface area contributed by atoms with Crippen molar-refractivity contribution in [1.82, 2.24) is 4.98 Å². The van der Waals surface area contributed by atoms with E-state index in [0.717, 1.165) is 28.8 Å². The van der Waals surface area contributed by atoms with Crippen LogP contribution in [0.1, 0.15) is 28.4 Å². The van der Waals surface area contributed by atoms with Crippen LogP contribution in [-0.4, -0.2) is 23.0 Å². The van der Waals surface area contributed by atoms with Crippen molar-refractivity contribution in [3.63, 3.8) is 0 Å². The number of fused-ring (bicyclic) bond motifs is 1. The molecule has 4 aromatic rings. The van der Waals surface area contributed by atoms with Gasteiger partial charge in [-0.3, -0.25) is 9.59 Å². The van der Waals surface area contributed by atoms with Crippen molar-refractivity contribution in [2.24, 2.45) is 5.73 Å². The minimum Gasteiger partial charge on any atom is -0.331 e. The van der Waals surface area contributed by atoms with Crippen LogP contribution in [0.2, 0.25) is 5.02 Å². The highest BCUT2D eigenvalue weighted by Gasteiger charge is 2.19. The Balaban J connectivity index is 0.00000112. The maximum atomic E-state index is 13.4. The summed E-state index contributed by atoms with van der Waals surface area (Å²) in [4.78, 5) is 29.2. The van der Waals surface area contributed by atoms with Crippen LogP contribution in [-0.2, 0) is 0 Å². The summed E-state index contributed by atoms with van der Waals surface area (Å²) in [5, 5.41) is 9.01. The maximum absolute atomic E-state index is 13.4. The number of H-pyrrole nitrogens is 1. The second-order valence-electron chi connectivity index (χ2n) is 8.86. The number of nitrogens with two attached hydrogens (primary N) is 1. The second kappa shape index (κ2) is 12.3. The lowest BCUT2D eigenvalue weighted by Crippen LogP contribution is -2.18. The summed E-state index contributed by atoms with van der Waals surface area (Å²) in [6.45, 7) is 6.54. The number of halogens is 1. The molecule has 0 fully saturated rings. The Kier molecular flexibility index (Phi) is 8.67. The molecule has 3 aromatic carbocycles. The Bertz CT molecular complexity index is 1710. The number of ketones is 1. The van der Waals surface area contributed by atoms with E-state index in [1.54, 1.807) is 30.4 Å². The molecule has 1 aromatic heterocycles. The number of aromatic nitrogens is 1. The number of aromatic amines is 1. The molecule has 5 nitrogen and oxygen atoms in total. The second-order valence-corrected chi connectivity index (χ2v) is 9.30. The fourth-order valence-electron chi connectivity index (χ4n) is 4.22. The number of nitrogens with one attached hydrogen (secondary N) is 2. The molecule has 4 N–H and O–H groups in total. The van der Waals surface area contributed by atoms with Crippen molar-refractivity contribution in [3.8, 4) is 11.1 Å². The van der Waals surface area contributed by atoms with Gasteiger partial charge in [-0.05, 0) is 70.8 Å². The fraction of sp³-hybridized carbons (Fsp3) is 0.0606. The van der Waals surface area contributed by atoms with Gasteiger partial charge in [-0.2, -0.15) is 0 Å². The predicted molar refractivity (Wildman–Crippen MR) is 164 cm³/mol. The quantitative estimate of drug-likeness (QED) is 0.186. The number of carbonyl (C=O) groups excluding carboxylic acids is 1. The van der Waals surface area contributed by atoms with Crippen molar-refractivity contribution in [2.45, 2.75) is 6.92 Å². The number of carbonyl (C=O) groups is 1. The molecule has 0 aliphatic heterocycles. The molecule has 6 heteroatoms. The molecule has 39 heavy (non-hydrogen) atoms. The van der Waals surface area contributed by atoms with Gasteiger partial charge in [-0.1, -0.05) is 91.9 Å². The first-order chi connectivity index (χ1) is 18.8. The zero-order chi connectivity index (χ0) is 27.9. The van der Waals surface area contributed by atoms with Crippen LogP contribution < -0.4 is 11.3 Å². The highest BCUT2D eigenvalue weighted by molar-refractivity contribution is 6.31. The van der Waals surface area contributed by atoms with Gasteiger partial charge in [0.15, 0.2) is 5.78 Å². The Labute approximate surface area is 232 Å². The standard InChI is InChI=1S/C31H21ClN2O2.C2H7N/c1-19-17-23(12-14-26(19)33)21-10-7-20(8-11-21)9-16-28(35)30-29(22-5-3-2-4-6-22)25-18-24(32)13-15-27(25)34-31(30)36;1-2-3/h2-18,33H,1H2,(H,34,36);2-3H2,1H3/b16-9+,33-26?;.